The van der Waals surface area contributed by atoms with Crippen LogP contribution in [0.25, 0.3) is 32.9 Å². The highest BCUT2D eigenvalue weighted by molar-refractivity contribution is 7.19. The number of rotatable bonds is 4. The summed E-state index contributed by atoms with van der Waals surface area (Å²) in [4.78, 5) is 14.1. The summed E-state index contributed by atoms with van der Waals surface area (Å²) >= 11 is 1.35. The molecule has 0 bridgehead atoms. The van der Waals surface area contributed by atoms with Gasteiger partial charge < -0.3 is 16.0 Å². The summed E-state index contributed by atoms with van der Waals surface area (Å²) in [6, 6.07) is 8.19. The van der Waals surface area contributed by atoms with E-state index in [1.54, 1.807) is 24.7 Å². The number of hydrogen-bond donors (Lipinski definition) is 2. The predicted octanol–water partition coefficient (Wildman–Crippen LogP) is 2.90. The zero-order valence-electron chi connectivity index (χ0n) is 13.2. The third-order valence-corrected chi connectivity index (χ3v) is 4.80. The molecule has 0 unspecified atom stereocenters. The van der Waals surface area contributed by atoms with Crippen molar-refractivity contribution in [3.05, 3.63) is 48.7 Å². The van der Waals surface area contributed by atoms with Gasteiger partial charge in [0.2, 0.25) is 0 Å². The van der Waals surface area contributed by atoms with Crippen molar-refractivity contribution in [1.29, 1.82) is 0 Å². The number of hydrogen-bond acceptors (Lipinski definition) is 6. The lowest BCUT2D eigenvalue weighted by molar-refractivity contribution is 0.628. The minimum absolute atomic E-state index is 0.284. The summed E-state index contributed by atoms with van der Waals surface area (Å²) in [5, 5.41) is 0.437. The number of nitrogens with zero attached hydrogens (tertiary/aromatic N) is 4. The number of benzene rings is 1. The lowest BCUT2D eigenvalue weighted by Gasteiger charge is -2.05. The standard InChI is InChI=1S/C17H15FN6S/c18-11-3-1-10(2-4-11)16-15(23-17(20)25-16)12-7-14-13(8-21-12)22-9-24(14)6-5-19/h1-4,7-9H,5-6,19H2,(H2,20,23). The molecule has 3 heterocycles. The van der Waals surface area contributed by atoms with Gasteiger partial charge in [-0.15, -0.1) is 0 Å². The molecule has 0 saturated carbocycles. The number of nitrogen functional groups attached to an aromatic ring is 1. The summed E-state index contributed by atoms with van der Waals surface area (Å²) in [5.74, 6) is -0.284. The summed E-state index contributed by atoms with van der Waals surface area (Å²) in [5.41, 5.74) is 15.5. The molecule has 0 amide bonds. The highest BCUT2D eigenvalue weighted by Crippen LogP contribution is 2.37. The van der Waals surface area contributed by atoms with E-state index in [0.29, 0.717) is 29.6 Å². The van der Waals surface area contributed by atoms with Crippen molar-refractivity contribution in [3.63, 3.8) is 0 Å². The minimum atomic E-state index is -0.284. The first kappa shape index (κ1) is 15.7. The van der Waals surface area contributed by atoms with E-state index >= 15 is 0 Å². The molecule has 1 aromatic carbocycles. The summed E-state index contributed by atoms with van der Waals surface area (Å²) in [6.45, 7) is 1.19. The molecule has 0 fully saturated rings. The Balaban J connectivity index is 1.86. The third kappa shape index (κ3) is 2.86. The van der Waals surface area contributed by atoms with Crippen LogP contribution in [-0.2, 0) is 6.54 Å². The highest BCUT2D eigenvalue weighted by atomic mass is 32.1. The topological polar surface area (TPSA) is 95.6 Å². The molecule has 6 nitrogen and oxygen atoms in total. The van der Waals surface area contributed by atoms with E-state index in [9.17, 15) is 4.39 Å². The zero-order valence-corrected chi connectivity index (χ0v) is 14.0. The van der Waals surface area contributed by atoms with Gasteiger partial charge in [-0.2, -0.15) is 0 Å². The number of aromatic nitrogens is 4. The summed E-state index contributed by atoms with van der Waals surface area (Å²) in [7, 11) is 0. The average Bonchev–Trinajstić information content (AvgIpc) is 3.19. The number of thiazole rings is 1. The van der Waals surface area contributed by atoms with Crippen molar-refractivity contribution in [1.82, 2.24) is 19.5 Å². The van der Waals surface area contributed by atoms with Crippen LogP contribution < -0.4 is 11.5 Å². The molecule has 0 radical (unpaired) electrons. The van der Waals surface area contributed by atoms with Gasteiger partial charge in [-0.05, 0) is 23.8 Å². The fourth-order valence-electron chi connectivity index (χ4n) is 2.72. The fourth-order valence-corrected chi connectivity index (χ4v) is 3.56. The van der Waals surface area contributed by atoms with Gasteiger partial charge in [-0.1, -0.05) is 23.5 Å². The lowest BCUT2D eigenvalue weighted by Crippen LogP contribution is -2.08. The number of fused-ring (bicyclic) bond motifs is 1. The molecular weight excluding hydrogens is 339 g/mol. The Morgan fingerprint density at radius 1 is 1.16 bits per heavy atom. The van der Waals surface area contributed by atoms with E-state index < -0.39 is 0 Å². The van der Waals surface area contributed by atoms with Gasteiger partial charge in [0.05, 0.1) is 28.6 Å². The quantitative estimate of drug-likeness (QED) is 0.587. The van der Waals surface area contributed by atoms with E-state index in [0.717, 1.165) is 21.5 Å². The van der Waals surface area contributed by atoms with Gasteiger partial charge in [0.15, 0.2) is 5.13 Å². The van der Waals surface area contributed by atoms with Gasteiger partial charge in [0.25, 0.3) is 0 Å². The van der Waals surface area contributed by atoms with Gasteiger partial charge >= 0.3 is 0 Å². The first-order valence-corrected chi connectivity index (χ1v) is 8.51. The van der Waals surface area contributed by atoms with Crippen LogP contribution >= 0.6 is 11.3 Å². The monoisotopic (exact) mass is 354 g/mol. The van der Waals surface area contributed by atoms with Gasteiger partial charge in [0.1, 0.15) is 17.0 Å². The summed E-state index contributed by atoms with van der Waals surface area (Å²) < 4.78 is 15.2. The Kier molecular flexibility index (Phi) is 3.90. The van der Waals surface area contributed by atoms with Crippen LogP contribution in [0, 0.1) is 5.82 Å². The maximum atomic E-state index is 13.2. The van der Waals surface area contributed by atoms with E-state index in [4.69, 9.17) is 11.5 Å². The molecule has 4 rings (SSSR count). The van der Waals surface area contributed by atoms with Crippen molar-refractivity contribution < 1.29 is 4.39 Å². The number of anilines is 1. The maximum Gasteiger partial charge on any atom is 0.181 e. The molecule has 25 heavy (non-hydrogen) atoms. The molecule has 0 saturated heterocycles. The largest absolute Gasteiger partial charge is 0.375 e. The minimum Gasteiger partial charge on any atom is -0.375 e. The highest BCUT2D eigenvalue weighted by Gasteiger charge is 2.16. The van der Waals surface area contributed by atoms with Crippen LogP contribution in [0.4, 0.5) is 9.52 Å². The first-order valence-electron chi connectivity index (χ1n) is 7.69. The Morgan fingerprint density at radius 2 is 1.96 bits per heavy atom. The third-order valence-electron chi connectivity index (χ3n) is 3.87. The van der Waals surface area contributed by atoms with Crippen LogP contribution in [-0.4, -0.2) is 26.1 Å². The normalized spacial score (nSPS) is 11.3. The van der Waals surface area contributed by atoms with Crippen molar-refractivity contribution in [2.24, 2.45) is 5.73 Å². The molecular formula is C17H15FN6S. The van der Waals surface area contributed by atoms with Crippen molar-refractivity contribution >= 4 is 27.5 Å². The van der Waals surface area contributed by atoms with Crippen LogP contribution in [0.15, 0.2) is 42.9 Å². The van der Waals surface area contributed by atoms with Gasteiger partial charge in [-0.25, -0.2) is 14.4 Å². The predicted molar refractivity (Wildman–Crippen MR) is 97.5 cm³/mol. The van der Waals surface area contributed by atoms with Crippen LogP contribution in [0.2, 0.25) is 0 Å². The second-order valence-electron chi connectivity index (χ2n) is 5.52. The van der Waals surface area contributed by atoms with Crippen molar-refractivity contribution in [3.8, 4) is 21.8 Å². The van der Waals surface area contributed by atoms with E-state index in [1.807, 2.05) is 10.6 Å². The Morgan fingerprint density at radius 3 is 2.72 bits per heavy atom. The SMILES string of the molecule is NCCn1cnc2cnc(-c3nc(N)sc3-c3ccc(F)cc3)cc21. The summed E-state index contributed by atoms with van der Waals surface area (Å²) in [6.07, 6.45) is 3.46. The second kappa shape index (κ2) is 6.23. The number of imidazole rings is 1. The molecule has 8 heteroatoms. The number of halogens is 1. The molecule has 0 spiro atoms. The number of pyridine rings is 1. The van der Waals surface area contributed by atoms with Crippen molar-refractivity contribution in [2.75, 3.05) is 12.3 Å². The molecule has 4 N–H and O–H groups in total. The van der Waals surface area contributed by atoms with Crippen LogP contribution in [0.5, 0.6) is 0 Å². The maximum absolute atomic E-state index is 13.2. The lowest BCUT2D eigenvalue weighted by atomic mass is 10.1. The second-order valence-corrected chi connectivity index (χ2v) is 6.55. The number of nitrogens with two attached hydrogens (primary N) is 2. The van der Waals surface area contributed by atoms with Crippen molar-refractivity contribution in [2.45, 2.75) is 6.54 Å². The molecule has 126 valence electrons. The Labute approximate surface area is 147 Å². The van der Waals surface area contributed by atoms with Gasteiger partial charge in [-0.3, -0.25) is 4.98 Å². The van der Waals surface area contributed by atoms with E-state index in [2.05, 4.69) is 15.0 Å². The molecule has 0 aliphatic carbocycles. The van der Waals surface area contributed by atoms with E-state index in [-0.39, 0.29) is 5.82 Å². The van der Waals surface area contributed by atoms with E-state index in [1.165, 1.54) is 23.5 Å². The molecule has 4 aromatic rings. The molecule has 3 aromatic heterocycles. The molecule has 0 atom stereocenters. The molecule has 0 aliphatic rings. The average molecular weight is 354 g/mol. The fraction of sp³-hybridized carbons (Fsp3) is 0.118. The Bertz CT molecular complexity index is 1040. The van der Waals surface area contributed by atoms with Crippen LogP contribution in [0.3, 0.4) is 0 Å². The smallest absolute Gasteiger partial charge is 0.181 e. The van der Waals surface area contributed by atoms with Gasteiger partial charge in [0, 0.05) is 13.1 Å². The first-order chi connectivity index (χ1) is 12.2. The van der Waals surface area contributed by atoms with Crippen LogP contribution in [0.1, 0.15) is 0 Å². The Hall–Kier alpha value is -2.84. The zero-order chi connectivity index (χ0) is 17.4. The molecule has 0 aliphatic heterocycles.